The van der Waals surface area contributed by atoms with Crippen LogP contribution in [0.15, 0.2) is 33.8 Å². The zero-order chi connectivity index (χ0) is 18.5. The number of rotatable bonds is 5. The summed E-state index contributed by atoms with van der Waals surface area (Å²) in [4.78, 5) is 4.80. The molecule has 0 fully saturated rings. The number of nitrogens with zero attached hydrogens (tertiary/aromatic N) is 2. The number of hydrogen-bond acceptors (Lipinski definition) is 4. The Morgan fingerprint density at radius 2 is 2.11 bits per heavy atom. The van der Waals surface area contributed by atoms with Gasteiger partial charge in [0, 0.05) is 36.6 Å². The number of aryl methyl sites for hydroxylation is 2. The Hall–Kier alpha value is -1.77. The second-order valence-corrected chi connectivity index (χ2v) is 6.73. The van der Waals surface area contributed by atoms with Crippen LogP contribution in [-0.2, 0) is 0 Å². The van der Waals surface area contributed by atoms with Crippen LogP contribution in [0.5, 0.6) is 5.75 Å². The highest BCUT2D eigenvalue weighted by atomic mass is 127. The molecule has 2 unspecified atom stereocenters. The van der Waals surface area contributed by atoms with Gasteiger partial charge in [-0.1, -0.05) is 30.3 Å². The number of hydrogen-bond donors (Lipinski definition) is 2. The monoisotopic (exact) mass is 484 g/mol. The topological polar surface area (TPSA) is 71.7 Å². The van der Waals surface area contributed by atoms with Crippen molar-refractivity contribution in [3.63, 3.8) is 0 Å². The minimum atomic E-state index is 0. The van der Waals surface area contributed by atoms with E-state index in [-0.39, 0.29) is 35.9 Å². The third-order valence-corrected chi connectivity index (χ3v) is 4.72. The van der Waals surface area contributed by atoms with Crippen molar-refractivity contribution in [2.75, 3.05) is 19.7 Å². The van der Waals surface area contributed by atoms with Gasteiger partial charge < -0.3 is 19.9 Å². The molecule has 27 heavy (non-hydrogen) atoms. The Kier molecular flexibility index (Phi) is 7.94. The van der Waals surface area contributed by atoms with Gasteiger partial charge in [-0.05, 0) is 26.8 Å². The molecular weight excluding hydrogens is 455 g/mol. The van der Waals surface area contributed by atoms with E-state index in [0.29, 0.717) is 13.2 Å². The number of benzene rings is 1. The summed E-state index contributed by atoms with van der Waals surface area (Å²) < 4.78 is 11.0. The number of nitrogens with one attached hydrogen (secondary N) is 2. The number of fused-ring (bicyclic) bond motifs is 1. The molecular formula is C20H29IN4O2. The van der Waals surface area contributed by atoms with Crippen LogP contribution in [0, 0.1) is 13.8 Å². The Labute approximate surface area is 178 Å². The first-order valence-corrected chi connectivity index (χ1v) is 9.29. The van der Waals surface area contributed by atoms with Crippen LogP contribution in [-0.4, -0.2) is 30.8 Å². The number of aromatic nitrogens is 1. The molecule has 0 radical (unpaired) electrons. The molecule has 1 aromatic heterocycles. The van der Waals surface area contributed by atoms with Gasteiger partial charge in [-0.2, -0.15) is 0 Å². The highest BCUT2D eigenvalue weighted by Gasteiger charge is 2.22. The van der Waals surface area contributed by atoms with Gasteiger partial charge in [-0.25, -0.2) is 0 Å². The van der Waals surface area contributed by atoms with Crippen molar-refractivity contribution in [3.05, 3.63) is 46.8 Å². The highest BCUT2D eigenvalue weighted by molar-refractivity contribution is 14.0. The normalized spacial score (nSPS) is 17.3. The van der Waals surface area contributed by atoms with Gasteiger partial charge in [0.1, 0.15) is 11.5 Å². The van der Waals surface area contributed by atoms with Gasteiger partial charge in [-0.3, -0.25) is 4.99 Å². The molecule has 7 heteroatoms. The van der Waals surface area contributed by atoms with Crippen LogP contribution in [0.1, 0.15) is 54.8 Å². The maximum absolute atomic E-state index is 5.75. The number of para-hydroxylation sites is 1. The van der Waals surface area contributed by atoms with E-state index >= 15 is 0 Å². The fourth-order valence-corrected chi connectivity index (χ4v) is 3.49. The Morgan fingerprint density at radius 3 is 2.81 bits per heavy atom. The van der Waals surface area contributed by atoms with Crippen LogP contribution >= 0.6 is 24.0 Å². The first-order chi connectivity index (χ1) is 12.6. The molecule has 2 aromatic rings. The van der Waals surface area contributed by atoms with Crippen molar-refractivity contribution in [1.82, 2.24) is 15.8 Å². The molecule has 148 valence electrons. The molecule has 0 saturated carbocycles. The van der Waals surface area contributed by atoms with Crippen molar-refractivity contribution < 1.29 is 9.26 Å². The molecule has 0 spiro atoms. The zero-order valence-electron chi connectivity index (χ0n) is 16.4. The Bertz CT molecular complexity index is 756. The predicted molar refractivity (Wildman–Crippen MR) is 118 cm³/mol. The molecule has 3 rings (SSSR count). The first kappa shape index (κ1) is 21.5. The molecule has 0 bridgehead atoms. The van der Waals surface area contributed by atoms with Crippen molar-refractivity contribution >= 4 is 29.9 Å². The van der Waals surface area contributed by atoms with Gasteiger partial charge >= 0.3 is 0 Å². The third kappa shape index (κ3) is 5.15. The second-order valence-electron chi connectivity index (χ2n) is 6.73. The number of halogens is 1. The van der Waals surface area contributed by atoms with E-state index in [9.17, 15) is 0 Å². The zero-order valence-corrected chi connectivity index (χ0v) is 18.7. The van der Waals surface area contributed by atoms with E-state index in [1.165, 1.54) is 5.56 Å². The Balaban J connectivity index is 0.00000261. The van der Waals surface area contributed by atoms with E-state index in [0.717, 1.165) is 41.7 Å². The SMILES string of the molecule is CCNC(=NCC(C)c1c(C)noc1C)NC1CCOc2ccccc21.I. The Morgan fingerprint density at radius 1 is 1.33 bits per heavy atom. The lowest BCUT2D eigenvalue weighted by Gasteiger charge is -2.28. The largest absolute Gasteiger partial charge is 0.493 e. The average Bonchev–Trinajstić information content (AvgIpc) is 2.98. The van der Waals surface area contributed by atoms with E-state index in [1.807, 2.05) is 32.0 Å². The summed E-state index contributed by atoms with van der Waals surface area (Å²) in [5, 5.41) is 11.0. The maximum atomic E-state index is 5.75. The summed E-state index contributed by atoms with van der Waals surface area (Å²) in [6, 6.07) is 8.39. The first-order valence-electron chi connectivity index (χ1n) is 9.29. The molecule has 1 aromatic carbocycles. The van der Waals surface area contributed by atoms with Crippen LogP contribution in [0.3, 0.4) is 0 Å². The smallest absolute Gasteiger partial charge is 0.191 e. The molecule has 6 nitrogen and oxygen atoms in total. The molecule has 2 heterocycles. The molecule has 0 aliphatic carbocycles. The van der Waals surface area contributed by atoms with Gasteiger partial charge in [0.2, 0.25) is 0 Å². The number of guanidine groups is 1. The number of aliphatic imine (C=N–C) groups is 1. The molecule has 0 saturated heterocycles. The van der Waals surface area contributed by atoms with Crippen molar-refractivity contribution in [3.8, 4) is 5.75 Å². The van der Waals surface area contributed by atoms with E-state index in [2.05, 4.69) is 35.7 Å². The summed E-state index contributed by atoms with van der Waals surface area (Å²) in [6.45, 7) is 10.4. The summed E-state index contributed by atoms with van der Waals surface area (Å²) in [5.41, 5.74) is 3.28. The minimum Gasteiger partial charge on any atom is -0.493 e. The lowest BCUT2D eigenvalue weighted by Crippen LogP contribution is -2.41. The number of ether oxygens (including phenoxy) is 1. The van der Waals surface area contributed by atoms with E-state index in [1.54, 1.807) is 0 Å². The predicted octanol–water partition coefficient (Wildman–Crippen LogP) is 4.09. The maximum Gasteiger partial charge on any atom is 0.191 e. The van der Waals surface area contributed by atoms with Gasteiger partial charge in [0.05, 0.1) is 18.3 Å². The fraction of sp³-hybridized carbons (Fsp3) is 0.500. The summed E-state index contributed by atoms with van der Waals surface area (Å²) in [7, 11) is 0. The van der Waals surface area contributed by atoms with Crippen LogP contribution in [0.2, 0.25) is 0 Å². The fourth-order valence-electron chi connectivity index (χ4n) is 3.49. The van der Waals surface area contributed by atoms with Crippen LogP contribution < -0.4 is 15.4 Å². The molecule has 0 amide bonds. The third-order valence-electron chi connectivity index (χ3n) is 4.72. The summed E-state index contributed by atoms with van der Waals surface area (Å²) >= 11 is 0. The molecule has 1 aliphatic heterocycles. The van der Waals surface area contributed by atoms with Crippen LogP contribution in [0.4, 0.5) is 0 Å². The standard InChI is InChI=1S/C20H28N4O2.HI/c1-5-21-20(22-12-13(2)19-14(3)24-26-15(19)4)23-17-10-11-25-18-9-7-6-8-16(17)18;/h6-9,13,17H,5,10-12H2,1-4H3,(H2,21,22,23);1H. The van der Waals surface area contributed by atoms with Gasteiger partial charge in [0.15, 0.2) is 5.96 Å². The van der Waals surface area contributed by atoms with Crippen molar-refractivity contribution in [2.45, 2.75) is 46.1 Å². The summed E-state index contributed by atoms with van der Waals surface area (Å²) in [5.74, 6) is 2.91. The minimum absolute atomic E-state index is 0. The molecule has 1 aliphatic rings. The second kappa shape index (κ2) is 9.96. The average molecular weight is 484 g/mol. The summed E-state index contributed by atoms with van der Waals surface area (Å²) in [6.07, 6.45) is 0.918. The lowest BCUT2D eigenvalue weighted by molar-refractivity contribution is 0.261. The van der Waals surface area contributed by atoms with Crippen molar-refractivity contribution in [1.29, 1.82) is 0 Å². The van der Waals surface area contributed by atoms with Gasteiger partial charge in [-0.15, -0.1) is 24.0 Å². The van der Waals surface area contributed by atoms with Crippen LogP contribution in [0.25, 0.3) is 0 Å². The van der Waals surface area contributed by atoms with Gasteiger partial charge in [0.25, 0.3) is 0 Å². The molecule has 2 atom stereocenters. The van der Waals surface area contributed by atoms with E-state index < -0.39 is 0 Å². The van der Waals surface area contributed by atoms with Crippen molar-refractivity contribution in [2.24, 2.45) is 4.99 Å². The quantitative estimate of drug-likeness (QED) is 0.380. The molecule has 2 N–H and O–H groups in total. The lowest BCUT2D eigenvalue weighted by atomic mass is 10.00. The highest BCUT2D eigenvalue weighted by Crippen LogP contribution is 2.31. The van der Waals surface area contributed by atoms with E-state index in [4.69, 9.17) is 14.3 Å².